The second-order valence-corrected chi connectivity index (χ2v) is 6.59. The first kappa shape index (κ1) is 17.0. The first-order chi connectivity index (χ1) is 11.6. The van der Waals surface area contributed by atoms with Gasteiger partial charge >= 0.3 is 0 Å². The van der Waals surface area contributed by atoms with Gasteiger partial charge in [0.05, 0.1) is 18.9 Å². The number of hydrogen-bond acceptors (Lipinski definition) is 7. The van der Waals surface area contributed by atoms with Crippen LogP contribution in [0, 0.1) is 0 Å². The molecule has 1 aliphatic rings. The normalized spacial score (nSPS) is 26.8. The Balaban J connectivity index is 1.78. The van der Waals surface area contributed by atoms with Gasteiger partial charge in [0.15, 0.2) is 5.44 Å². The Morgan fingerprint density at radius 1 is 1.08 bits per heavy atom. The predicted octanol–water partition coefficient (Wildman–Crippen LogP) is 1.29. The van der Waals surface area contributed by atoms with Gasteiger partial charge in [-0.15, -0.1) is 11.8 Å². The molecule has 6 nitrogen and oxygen atoms in total. The second kappa shape index (κ2) is 7.40. The molecule has 0 unspecified atom stereocenters. The zero-order valence-corrected chi connectivity index (χ0v) is 13.9. The number of benzene rings is 1. The molecule has 4 atom stereocenters. The van der Waals surface area contributed by atoms with Crippen molar-refractivity contribution in [3.05, 3.63) is 42.5 Å². The molecule has 7 heteroatoms. The number of methoxy groups -OCH3 is 1. The van der Waals surface area contributed by atoms with E-state index >= 15 is 0 Å². The van der Waals surface area contributed by atoms with E-state index in [0.29, 0.717) is 17.4 Å². The molecule has 1 fully saturated rings. The molecule has 0 radical (unpaired) electrons. The minimum Gasteiger partial charge on any atom is -0.481 e. The number of hydrogen-bond donors (Lipinski definition) is 3. The highest BCUT2D eigenvalue weighted by Gasteiger charge is 2.38. The molecule has 128 valence electrons. The first-order valence-electron chi connectivity index (χ1n) is 7.52. The number of ether oxygens (including phenoxy) is 2. The van der Waals surface area contributed by atoms with E-state index in [2.05, 4.69) is 4.98 Å². The molecular weight excluding hydrogens is 330 g/mol. The number of nitrogens with zero attached hydrogens (tertiary/aromatic N) is 1. The van der Waals surface area contributed by atoms with Crippen molar-refractivity contribution >= 4 is 11.8 Å². The summed E-state index contributed by atoms with van der Waals surface area (Å²) in [6.07, 6.45) is -3.31. The average Bonchev–Trinajstić information content (AvgIpc) is 2.62. The van der Waals surface area contributed by atoms with Crippen molar-refractivity contribution < 1.29 is 24.8 Å². The minimum absolute atomic E-state index is 0.306. The number of aliphatic hydroxyl groups excluding tert-OH is 3. The van der Waals surface area contributed by atoms with Crippen molar-refractivity contribution in [2.75, 3.05) is 12.9 Å². The number of aromatic nitrogens is 1. The fourth-order valence-corrected chi connectivity index (χ4v) is 3.56. The van der Waals surface area contributed by atoms with E-state index in [-0.39, 0.29) is 0 Å². The Bertz CT molecular complexity index is 698. The summed E-state index contributed by atoms with van der Waals surface area (Å²) in [6, 6.07) is 12.8. The third-order valence-corrected chi connectivity index (χ3v) is 5.01. The summed E-state index contributed by atoms with van der Waals surface area (Å²) in [6.45, 7) is 0. The predicted molar refractivity (Wildman–Crippen MR) is 91.1 cm³/mol. The van der Waals surface area contributed by atoms with Gasteiger partial charge in [-0.1, -0.05) is 18.2 Å². The Morgan fingerprint density at radius 3 is 2.67 bits per heavy atom. The van der Waals surface area contributed by atoms with Crippen LogP contribution >= 0.6 is 11.8 Å². The molecule has 0 aliphatic carbocycles. The maximum Gasteiger partial charge on any atom is 0.213 e. The summed E-state index contributed by atoms with van der Waals surface area (Å²) < 4.78 is 10.9. The first-order valence-corrected chi connectivity index (χ1v) is 8.57. The third kappa shape index (κ3) is 3.64. The summed E-state index contributed by atoms with van der Waals surface area (Å²) >= 11 is 1.27. The quantitative estimate of drug-likeness (QED) is 0.766. The topological polar surface area (TPSA) is 92.0 Å². The van der Waals surface area contributed by atoms with E-state index in [9.17, 15) is 15.3 Å². The lowest BCUT2D eigenvalue weighted by Gasteiger charge is -2.34. The zero-order chi connectivity index (χ0) is 17.1. The fourth-order valence-electron chi connectivity index (χ4n) is 2.44. The fraction of sp³-hybridized carbons (Fsp3) is 0.353. The molecule has 1 aromatic heterocycles. The van der Waals surface area contributed by atoms with Crippen molar-refractivity contribution in [1.29, 1.82) is 0 Å². The van der Waals surface area contributed by atoms with Crippen LogP contribution in [0.15, 0.2) is 42.5 Å². The largest absolute Gasteiger partial charge is 0.481 e. The van der Waals surface area contributed by atoms with Gasteiger partial charge in [-0.2, -0.15) is 0 Å². The van der Waals surface area contributed by atoms with Gasteiger partial charge in [0, 0.05) is 17.4 Å². The van der Waals surface area contributed by atoms with E-state index < -0.39 is 23.7 Å². The third-order valence-electron chi connectivity index (χ3n) is 3.77. The molecule has 2 aromatic rings. The molecule has 3 N–H and O–H groups in total. The molecule has 1 saturated heterocycles. The van der Waals surface area contributed by atoms with Crippen LogP contribution in [-0.2, 0) is 0 Å². The SMILES string of the molecule is COc1cccc(-c2cccc(O[C@@H]3SC[C@@H](O)[C@H](O)[C@H]3O)c2)n1. The maximum atomic E-state index is 10.0. The summed E-state index contributed by atoms with van der Waals surface area (Å²) in [4.78, 5) is 4.38. The summed E-state index contributed by atoms with van der Waals surface area (Å²) in [7, 11) is 1.56. The van der Waals surface area contributed by atoms with Crippen LogP contribution in [-0.4, -0.2) is 56.9 Å². The van der Waals surface area contributed by atoms with E-state index in [1.807, 2.05) is 30.3 Å². The van der Waals surface area contributed by atoms with Crippen molar-refractivity contribution in [3.8, 4) is 22.9 Å². The van der Waals surface area contributed by atoms with Crippen molar-refractivity contribution in [3.63, 3.8) is 0 Å². The van der Waals surface area contributed by atoms with Crippen LogP contribution in [0.2, 0.25) is 0 Å². The monoisotopic (exact) mass is 349 g/mol. The molecular formula is C17H19NO5S. The van der Waals surface area contributed by atoms with Crippen LogP contribution in [0.3, 0.4) is 0 Å². The van der Waals surface area contributed by atoms with Crippen LogP contribution in [0.5, 0.6) is 11.6 Å². The standard InChI is InChI=1S/C17H19NO5S/c1-22-14-7-3-6-12(18-14)10-4-2-5-11(8-10)23-17-16(21)15(20)13(19)9-24-17/h2-8,13,15-17,19-21H,9H2,1H3/t13-,15+,16-,17-/m1/s1. The minimum atomic E-state index is -1.21. The van der Waals surface area contributed by atoms with Gasteiger partial charge in [0.2, 0.25) is 5.88 Å². The second-order valence-electron chi connectivity index (χ2n) is 5.46. The van der Waals surface area contributed by atoms with E-state index in [4.69, 9.17) is 9.47 Å². The van der Waals surface area contributed by atoms with E-state index in [0.717, 1.165) is 11.3 Å². The van der Waals surface area contributed by atoms with Crippen LogP contribution in [0.25, 0.3) is 11.3 Å². The molecule has 0 saturated carbocycles. The molecule has 1 aliphatic heterocycles. The molecule has 2 heterocycles. The van der Waals surface area contributed by atoms with Gasteiger partial charge in [-0.3, -0.25) is 0 Å². The molecule has 3 rings (SSSR count). The van der Waals surface area contributed by atoms with Crippen LogP contribution in [0.4, 0.5) is 0 Å². The van der Waals surface area contributed by atoms with Gasteiger partial charge in [-0.25, -0.2) is 4.98 Å². The van der Waals surface area contributed by atoms with Crippen LogP contribution < -0.4 is 9.47 Å². The maximum absolute atomic E-state index is 10.0. The Labute approximate surface area is 144 Å². The highest BCUT2D eigenvalue weighted by atomic mass is 32.2. The number of rotatable bonds is 4. The lowest BCUT2D eigenvalue weighted by molar-refractivity contribution is -0.0786. The number of pyridine rings is 1. The molecule has 0 bridgehead atoms. The average molecular weight is 349 g/mol. The van der Waals surface area contributed by atoms with E-state index in [1.54, 1.807) is 19.2 Å². The zero-order valence-electron chi connectivity index (χ0n) is 13.1. The molecule has 1 aromatic carbocycles. The lowest BCUT2D eigenvalue weighted by atomic mass is 10.1. The number of thioether (sulfide) groups is 1. The van der Waals surface area contributed by atoms with Gasteiger partial charge < -0.3 is 24.8 Å². The summed E-state index contributed by atoms with van der Waals surface area (Å²) in [5.41, 5.74) is 0.950. The Kier molecular flexibility index (Phi) is 5.25. The van der Waals surface area contributed by atoms with Crippen molar-refractivity contribution in [2.45, 2.75) is 23.7 Å². The highest BCUT2D eigenvalue weighted by Crippen LogP contribution is 2.31. The van der Waals surface area contributed by atoms with Gasteiger partial charge in [-0.05, 0) is 18.2 Å². The highest BCUT2D eigenvalue weighted by molar-refractivity contribution is 7.99. The molecule has 24 heavy (non-hydrogen) atoms. The van der Waals surface area contributed by atoms with Crippen LogP contribution in [0.1, 0.15) is 0 Å². The Morgan fingerprint density at radius 2 is 1.88 bits per heavy atom. The van der Waals surface area contributed by atoms with Gasteiger partial charge in [0.1, 0.15) is 18.0 Å². The number of aliphatic hydroxyl groups is 3. The van der Waals surface area contributed by atoms with Crippen molar-refractivity contribution in [1.82, 2.24) is 4.98 Å². The lowest BCUT2D eigenvalue weighted by Crippen LogP contribution is -2.50. The van der Waals surface area contributed by atoms with E-state index in [1.165, 1.54) is 11.8 Å². The smallest absolute Gasteiger partial charge is 0.213 e. The summed E-state index contributed by atoms with van der Waals surface area (Å²) in [5.74, 6) is 1.38. The summed E-state index contributed by atoms with van der Waals surface area (Å²) in [5, 5.41) is 29.4. The molecule has 0 spiro atoms. The van der Waals surface area contributed by atoms with Crippen molar-refractivity contribution in [2.24, 2.45) is 0 Å². The van der Waals surface area contributed by atoms with Gasteiger partial charge in [0.25, 0.3) is 0 Å². The molecule has 0 amide bonds. The Hall–Kier alpha value is -1.80.